The van der Waals surface area contributed by atoms with E-state index in [-0.39, 0.29) is 6.10 Å². The fourth-order valence-electron chi connectivity index (χ4n) is 4.68. The molecule has 0 spiro atoms. The molecule has 2 heterocycles. The first-order valence-electron chi connectivity index (χ1n) is 12.0. The minimum atomic E-state index is -0.177. The maximum atomic E-state index is 6.63. The predicted molar refractivity (Wildman–Crippen MR) is 134 cm³/mol. The van der Waals surface area contributed by atoms with Gasteiger partial charge in [-0.15, -0.1) is 0 Å². The van der Waals surface area contributed by atoms with Crippen LogP contribution < -0.4 is 0 Å². The van der Waals surface area contributed by atoms with E-state index in [4.69, 9.17) is 9.84 Å². The van der Waals surface area contributed by atoms with Crippen LogP contribution in [0.15, 0.2) is 97.2 Å². The molecule has 1 aromatic heterocycles. The Balaban J connectivity index is 1.52. The number of benzene rings is 3. The Morgan fingerprint density at radius 1 is 0.758 bits per heavy atom. The maximum Gasteiger partial charge on any atom is 0.111 e. The number of piperidine rings is 1. The Morgan fingerprint density at radius 3 is 2.09 bits per heavy atom. The third kappa shape index (κ3) is 5.08. The SMILES string of the molecule is c1ccc(-c2c(C(OCCN3CCCCC3)c3ccccc3)cnn2-c2ccccc2)cc1. The molecule has 1 fully saturated rings. The summed E-state index contributed by atoms with van der Waals surface area (Å²) in [4.78, 5) is 2.52. The lowest BCUT2D eigenvalue weighted by molar-refractivity contribution is 0.0560. The van der Waals surface area contributed by atoms with Crippen molar-refractivity contribution in [3.05, 3.63) is 108 Å². The zero-order chi connectivity index (χ0) is 22.3. The molecule has 0 N–H and O–H groups in total. The number of para-hydroxylation sites is 1. The van der Waals surface area contributed by atoms with E-state index in [1.54, 1.807) is 0 Å². The van der Waals surface area contributed by atoms with E-state index in [1.807, 2.05) is 16.9 Å². The smallest absolute Gasteiger partial charge is 0.111 e. The van der Waals surface area contributed by atoms with E-state index in [2.05, 4.69) is 89.8 Å². The number of ether oxygens (including phenoxy) is 1. The molecule has 3 aromatic carbocycles. The molecule has 168 valence electrons. The van der Waals surface area contributed by atoms with Crippen LogP contribution in [-0.4, -0.2) is 40.9 Å². The third-order valence-electron chi connectivity index (χ3n) is 6.37. The highest BCUT2D eigenvalue weighted by Crippen LogP contribution is 2.35. The van der Waals surface area contributed by atoms with Crippen LogP contribution in [0.2, 0.25) is 0 Å². The fourth-order valence-corrected chi connectivity index (χ4v) is 4.68. The van der Waals surface area contributed by atoms with Gasteiger partial charge in [0.15, 0.2) is 0 Å². The van der Waals surface area contributed by atoms with Crippen molar-refractivity contribution >= 4 is 0 Å². The van der Waals surface area contributed by atoms with Gasteiger partial charge in [-0.2, -0.15) is 5.10 Å². The monoisotopic (exact) mass is 437 g/mol. The topological polar surface area (TPSA) is 30.3 Å². The lowest BCUT2D eigenvalue weighted by atomic mass is 9.98. The molecule has 0 saturated carbocycles. The predicted octanol–water partition coefficient (Wildman–Crippen LogP) is 6.13. The van der Waals surface area contributed by atoms with Crippen LogP contribution in [0.5, 0.6) is 0 Å². The van der Waals surface area contributed by atoms with E-state index in [0.717, 1.165) is 34.6 Å². The van der Waals surface area contributed by atoms with Crippen LogP contribution in [0.3, 0.4) is 0 Å². The van der Waals surface area contributed by atoms with Crippen LogP contribution in [-0.2, 0) is 4.74 Å². The van der Waals surface area contributed by atoms with Gasteiger partial charge in [-0.05, 0) is 43.6 Å². The van der Waals surface area contributed by atoms with Gasteiger partial charge in [0.2, 0.25) is 0 Å². The molecule has 5 rings (SSSR count). The van der Waals surface area contributed by atoms with Gasteiger partial charge >= 0.3 is 0 Å². The first-order chi connectivity index (χ1) is 16.4. The fraction of sp³-hybridized carbons (Fsp3) is 0.276. The van der Waals surface area contributed by atoms with Gasteiger partial charge in [0, 0.05) is 17.7 Å². The molecule has 0 radical (unpaired) electrons. The molecular formula is C29H31N3O. The van der Waals surface area contributed by atoms with Gasteiger partial charge in [-0.25, -0.2) is 4.68 Å². The minimum Gasteiger partial charge on any atom is -0.367 e. The first-order valence-corrected chi connectivity index (χ1v) is 12.0. The Bertz CT molecular complexity index is 1120. The van der Waals surface area contributed by atoms with Gasteiger partial charge in [0.1, 0.15) is 6.10 Å². The average molecular weight is 438 g/mol. The van der Waals surface area contributed by atoms with Gasteiger partial charge < -0.3 is 9.64 Å². The van der Waals surface area contributed by atoms with Crippen molar-refractivity contribution in [1.29, 1.82) is 0 Å². The van der Waals surface area contributed by atoms with Crippen molar-refractivity contribution in [3.8, 4) is 16.9 Å². The number of likely N-dealkylation sites (tertiary alicyclic amines) is 1. The first kappa shape index (κ1) is 21.6. The van der Waals surface area contributed by atoms with Crippen molar-refractivity contribution in [1.82, 2.24) is 14.7 Å². The number of hydrogen-bond donors (Lipinski definition) is 0. The molecule has 0 bridgehead atoms. The van der Waals surface area contributed by atoms with Gasteiger partial charge in [-0.1, -0.05) is 85.3 Å². The highest BCUT2D eigenvalue weighted by atomic mass is 16.5. The Hall–Kier alpha value is -3.21. The second-order valence-corrected chi connectivity index (χ2v) is 8.63. The lowest BCUT2D eigenvalue weighted by Gasteiger charge is -2.27. The lowest BCUT2D eigenvalue weighted by Crippen LogP contribution is -2.33. The molecule has 1 saturated heterocycles. The molecule has 4 heteroatoms. The Kier molecular flexibility index (Phi) is 6.95. The van der Waals surface area contributed by atoms with Crippen molar-refractivity contribution in [3.63, 3.8) is 0 Å². The van der Waals surface area contributed by atoms with E-state index in [9.17, 15) is 0 Å². The number of nitrogens with zero attached hydrogens (tertiary/aromatic N) is 3. The standard InChI is InChI=1S/C29H31N3O/c1-5-13-24(14-6-1)28-27(23-30-32(28)26-17-9-3-10-18-26)29(25-15-7-2-8-16-25)33-22-21-31-19-11-4-12-20-31/h1-3,5-10,13-18,23,29H,4,11-12,19-22H2. The molecular weight excluding hydrogens is 406 g/mol. The summed E-state index contributed by atoms with van der Waals surface area (Å²) >= 11 is 0. The summed E-state index contributed by atoms with van der Waals surface area (Å²) < 4.78 is 8.67. The summed E-state index contributed by atoms with van der Waals surface area (Å²) in [6, 6.07) is 31.4. The summed E-state index contributed by atoms with van der Waals surface area (Å²) in [6.45, 7) is 4.03. The summed E-state index contributed by atoms with van der Waals surface area (Å²) in [7, 11) is 0. The van der Waals surface area contributed by atoms with Crippen LogP contribution in [0.25, 0.3) is 16.9 Å². The molecule has 4 nitrogen and oxygen atoms in total. The van der Waals surface area contributed by atoms with Crippen molar-refractivity contribution in [2.24, 2.45) is 0 Å². The van der Waals surface area contributed by atoms with Gasteiger partial charge in [-0.3, -0.25) is 0 Å². The minimum absolute atomic E-state index is 0.177. The van der Waals surface area contributed by atoms with Gasteiger partial charge in [0.05, 0.1) is 24.2 Å². The van der Waals surface area contributed by atoms with Gasteiger partial charge in [0.25, 0.3) is 0 Å². The maximum absolute atomic E-state index is 6.63. The molecule has 33 heavy (non-hydrogen) atoms. The van der Waals surface area contributed by atoms with Crippen LogP contribution in [0.4, 0.5) is 0 Å². The quantitative estimate of drug-likeness (QED) is 0.332. The summed E-state index contributed by atoms with van der Waals surface area (Å²) in [6.07, 6.45) is 5.74. The molecule has 1 atom stereocenters. The zero-order valence-electron chi connectivity index (χ0n) is 19.0. The van der Waals surface area contributed by atoms with Crippen molar-refractivity contribution in [2.75, 3.05) is 26.2 Å². The number of hydrogen-bond acceptors (Lipinski definition) is 3. The van der Waals surface area contributed by atoms with E-state index < -0.39 is 0 Å². The van der Waals surface area contributed by atoms with Crippen LogP contribution >= 0.6 is 0 Å². The van der Waals surface area contributed by atoms with E-state index >= 15 is 0 Å². The molecule has 1 aliphatic heterocycles. The second-order valence-electron chi connectivity index (χ2n) is 8.63. The molecule has 0 aliphatic carbocycles. The van der Waals surface area contributed by atoms with Crippen molar-refractivity contribution in [2.45, 2.75) is 25.4 Å². The molecule has 1 aliphatic rings. The second kappa shape index (κ2) is 10.6. The average Bonchev–Trinajstić information content (AvgIpc) is 3.34. The molecule has 0 amide bonds. The normalized spacial score (nSPS) is 15.4. The van der Waals surface area contributed by atoms with E-state index in [1.165, 1.54) is 32.4 Å². The third-order valence-corrected chi connectivity index (χ3v) is 6.37. The van der Waals surface area contributed by atoms with Crippen molar-refractivity contribution < 1.29 is 4.74 Å². The zero-order valence-corrected chi connectivity index (χ0v) is 19.0. The van der Waals surface area contributed by atoms with Crippen LogP contribution in [0, 0.1) is 0 Å². The molecule has 4 aromatic rings. The highest BCUT2D eigenvalue weighted by Gasteiger charge is 2.24. The molecule has 1 unspecified atom stereocenters. The Labute approximate surface area is 196 Å². The summed E-state index contributed by atoms with van der Waals surface area (Å²) in [5.74, 6) is 0. The van der Waals surface area contributed by atoms with E-state index in [0.29, 0.717) is 6.61 Å². The number of rotatable bonds is 8. The summed E-state index contributed by atoms with van der Waals surface area (Å²) in [5.41, 5.74) is 5.50. The summed E-state index contributed by atoms with van der Waals surface area (Å²) in [5, 5.41) is 4.83. The Morgan fingerprint density at radius 2 is 1.39 bits per heavy atom. The van der Waals surface area contributed by atoms with Crippen LogP contribution in [0.1, 0.15) is 36.5 Å². The number of aromatic nitrogens is 2. The highest BCUT2D eigenvalue weighted by molar-refractivity contribution is 5.67. The largest absolute Gasteiger partial charge is 0.367 e.